The molecule has 1 saturated heterocycles. The van der Waals surface area contributed by atoms with Gasteiger partial charge in [-0.1, -0.05) is 17.7 Å². The van der Waals surface area contributed by atoms with Crippen molar-refractivity contribution in [3.05, 3.63) is 75.5 Å². The molecule has 1 aliphatic rings. The predicted octanol–water partition coefficient (Wildman–Crippen LogP) is 3.22. The molecule has 3 aromatic rings. The Morgan fingerprint density at radius 1 is 1.31 bits per heavy atom. The molecule has 0 bridgehead atoms. The maximum Gasteiger partial charge on any atom is 0.251 e. The number of aliphatic hydroxyl groups excluding tert-OH is 1. The van der Waals surface area contributed by atoms with E-state index < -0.39 is 36.2 Å². The third kappa shape index (κ3) is 4.79. The summed E-state index contributed by atoms with van der Waals surface area (Å²) < 4.78 is 34.3. The summed E-state index contributed by atoms with van der Waals surface area (Å²) in [5.41, 5.74) is 1.01. The first kappa shape index (κ1) is 22.3. The molecule has 4 rings (SSSR count). The number of hydrogen-bond donors (Lipinski definition) is 2. The van der Waals surface area contributed by atoms with Crippen molar-refractivity contribution in [3.8, 4) is 11.3 Å². The Kier molecular flexibility index (Phi) is 6.78. The van der Waals surface area contributed by atoms with Crippen molar-refractivity contribution < 1.29 is 18.6 Å². The van der Waals surface area contributed by atoms with Crippen LogP contribution >= 0.6 is 11.6 Å². The number of benzene rings is 1. The fourth-order valence-electron chi connectivity index (χ4n) is 3.60. The zero-order chi connectivity index (χ0) is 22.7. The number of nitrogens with one attached hydrogen (secondary N) is 1. The molecule has 10 heteroatoms. The van der Waals surface area contributed by atoms with Crippen LogP contribution in [0.3, 0.4) is 0 Å². The molecule has 2 N–H and O–H groups in total. The third-order valence-electron chi connectivity index (χ3n) is 5.34. The quantitative estimate of drug-likeness (QED) is 0.584. The van der Waals surface area contributed by atoms with Crippen molar-refractivity contribution in [2.75, 3.05) is 25.1 Å². The second kappa shape index (κ2) is 9.72. The Bertz CT molecular complexity index is 1160. The van der Waals surface area contributed by atoms with Gasteiger partial charge >= 0.3 is 0 Å². The molecule has 0 amide bonds. The summed E-state index contributed by atoms with van der Waals surface area (Å²) in [5, 5.41) is 12.8. The summed E-state index contributed by atoms with van der Waals surface area (Å²) in [6, 6.07) is 7.58. The normalized spacial score (nSPS) is 19.5. The standard InChI is InChI=1S/C22H21ClF2N4O3/c23-15-2-1-14(9-16(15)24)20(11-30)29-7-4-13(10-21(29)31)18-3-6-26-22(27-18)28-19-5-8-32-12-17(19)25/h1-4,6-7,9-10,17,19-20,30H,5,8,11-12H2,(H,26,27,28)/t17?,19?,20-/m1/s1. The lowest BCUT2D eigenvalue weighted by molar-refractivity contribution is 0.0284. The maximum absolute atomic E-state index is 14.0. The number of rotatable bonds is 6. The summed E-state index contributed by atoms with van der Waals surface area (Å²) in [5.74, 6) is -0.376. The molecule has 0 aliphatic carbocycles. The van der Waals surface area contributed by atoms with Gasteiger partial charge in [-0.05, 0) is 36.2 Å². The van der Waals surface area contributed by atoms with Crippen molar-refractivity contribution in [1.29, 1.82) is 0 Å². The Morgan fingerprint density at radius 2 is 2.16 bits per heavy atom. The van der Waals surface area contributed by atoms with Crippen LogP contribution < -0.4 is 10.9 Å². The number of anilines is 1. The molecule has 1 fully saturated rings. The van der Waals surface area contributed by atoms with Crippen LogP contribution in [0.4, 0.5) is 14.7 Å². The predicted molar refractivity (Wildman–Crippen MR) is 116 cm³/mol. The van der Waals surface area contributed by atoms with E-state index in [0.29, 0.717) is 29.8 Å². The molecular weight excluding hydrogens is 442 g/mol. The first-order valence-electron chi connectivity index (χ1n) is 10.1. The molecule has 2 unspecified atom stereocenters. The summed E-state index contributed by atoms with van der Waals surface area (Å²) in [6.07, 6.45) is 2.37. The van der Waals surface area contributed by atoms with Gasteiger partial charge in [0.05, 0.1) is 36.0 Å². The van der Waals surface area contributed by atoms with E-state index in [4.69, 9.17) is 16.3 Å². The average molecular weight is 463 g/mol. The van der Waals surface area contributed by atoms with Gasteiger partial charge in [-0.3, -0.25) is 4.79 Å². The van der Waals surface area contributed by atoms with Gasteiger partial charge in [0.1, 0.15) is 12.0 Å². The number of hydrogen-bond acceptors (Lipinski definition) is 6. The van der Waals surface area contributed by atoms with Crippen LogP contribution in [-0.2, 0) is 4.74 Å². The van der Waals surface area contributed by atoms with Crippen LogP contribution in [0.5, 0.6) is 0 Å². The van der Waals surface area contributed by atoms with Gasteiger partial charge in [0.2, 0.25) is 5.95 Å². The number of halogens is 3. The lowest BCUT2D eigenvalue weighted by Crippen LogP contribution is -2.39. The minimum Gasteiger partial charge on any atom is -0.394 e. The highest BCUT2D eigenvalue weighted by Gasteiger charge is 2.26. The number of nitrogens with zero attached hydrogens (tertiary/aromatic N) is 3. The second-order valence-corrected chi connectivity index (χ2v) is 7.84. The van der Waals surface area contributed by atoms with Gasteiger partial charge < -0.3 is 19.7 Å². The number of alkyl halides is 1. The lowest BCUT2D eigenvalue weighted by atomic mass is 10.1. The van der Waals surface area contributed by atoms with Crippen molar-refractivity contribution >= 4 is 17.5 Å². The molecule has 0 spiro atoms. The highest BCUT2D eigenvalue weighted by molar-refractivity contribution is 6.30. The van der Waals surface area contributed by atoms with Gasteiger partial charge in [0.15, 0.2) is 0 Å². The number of aliphatic hydroxyl groups is 1. The average Bonchev–Trinajstić information content (AvgIpc) is 2.79. The van der Waals surface area contributed by atoms with E-state index in [9.17, 15) is 18.7 Å². The first-order chi connectivity index (χ1) is 15.5. The molecule has 1 aromatic carbocycles. The Balaban J connectivity index is 1.59. The highest BCUT2D eigenvalue weighted by Crippen LogP contribution is 2.24. The Labute approximate surface area is 187 Å². The van der Waals surface area contributed by atoms with Crippen molar-refractivity contribution in [2.24, 2.45) is 0 Å². The topological polar surface area (TPSA) is 89.3 Å². The molecular formula is C22H21ClF2N4O3. The highest BCUT2D eigenvalue weighted by atomic mass is 35.5. The Hall–Kier alpha value is -2.88. The van der Waals surface area contributed by atoms with E-state index in [1.807, 2.05) is 0 Å². The van der Waals surface area contributed by atoms with Crippen molar-refractivity contribution in [3.63, 3.8) is 0 Å². The van der Waals surface area contributed by atoms with Crippen LogP contribution in [-0.4, -0.2) is 51.7 Å². The van der Waals surface area contributed by atoms with Crippen molar-refractivity contribution in [1.82, 2.24) is 14.5 Å². The monoisotopic (exact) mass is 462 g/mol. The Morgan fingerprint density at radius 3 is 2.88 bits per heavy atom. The summed E-state index contributed by atoms with van der Waals surface area (Å²) in [7, 11) is 0. The minimum absolute atomic E-state index is 0.0269. The molecule has 168 valence electrons. The molecule has 0 radical (unpaired) electrons. The van der Waals surface area contributed by atoms with Gasteiger partial charge in [-0.25, -0.2) is 18.7 Å². The first-order valence-corrected chi connectivity index (χ1v) is 10.4. The summed E-state index contributed by atoms with van der Waals surface area (Å²) in [6.45, 7) is 0.0794. The van der Waals surface area contributed by atoms with Crippen LogP contribution in [0, 0.1) is 5.82 Å². The van der Waals surface area contributed by atoms with Crippen molar-refractivity contribution in [2.45, 2.75) is 24.7 Å². The van der Waals surface area contributed by atoms with Gasteiger partial charge in [0, 0.05) is 30.6 Å². The zero-order valence-electron chi connectivity index (χ0n) is 16.9. The van der Waals surface area contributed by atoms with E-state index in [-0.39, 0.29) is 17.6 Å². The smallest absolute Gasteiger partial charge is 0.251 e. The molecule has 3 heterocycles. The maximum atomic E-state index is 14.0. The number of ether oxygens (including phenoxy) is 1. The largest absolute Gasteiger partial charge is 0.394 e. The van der Waals surface area contributed by atoms with Crippen LogP contribution in [0.25, 0.3) is 11.3 Å². The van der Waals surface area contributed by atoms with E-state index in [1.165, 1.54) is 35.2 Å². The summed E-state index contributed by atoms with van der Waals surface area (Å²) in [4.78, 5) is 21.3. The van der Waals surface area contributed by atoms with E-state index in [0.717, 1.165) is 0 Å². The SMILES string of the molecule is O=c1cc(-c2ccnc(NC3CCOCC3F)n2)ccn1[C@H](CO)c1ccc(Cl)c(F)c1. The van der Waals surface area contributed by atoms with E-state index in [2.05, 4.69) is 15.3 Å². The van der Waals surface area contributed by atoms with Crippen LogP contribution in [0.1, 0.15) is 18.0 Å². The van der Waals surface area contributed by atoms with Gasteiger partial charge in [-0.2, -0.15) is 0 Å². The second-order valence-electron chi connectivity index (χ2n) is 7.43. The fourth-order valence-corrected chi connectivity index (χ4v) is 3.72. The van der Waals surface area contributed by atoms with Gasteiger partial charge in [-0.15, -0.1) is 0 Å². The molecule has 7 nitrogen and oxygen atoms in total. The van der Waals surface area contributed by atoms with Crippen LogP contribution in [0.2, 0.25) is 5.02 Å². The molecule has 2 aromatic heterocycles. The molecule has 32 heavy (non-hydrogen) atoms. The fraction of sp³-hybridized carbons (Fsp3) is 0.318. The van der Waals surface area contributed by atoms with E-state index >= 15 is 0 Å². The number of pyridine rings is 1. The third-order valence-corrected chi connectivity index (χ3v) is 5.64. The van der Waals surface area contributed by atoms with Crippen LogP contribution in [0.15, 0.2) is 53.6 Å². The van der Waals surface area contributed by atoms with Gasteiger partial charge in [0.25, 0.3) is 5.56 Å². The molecule has 0 saturated carbocycles. The van der Waals surface area contributed by atoms with E-state index in [1.54, 1.807) is 18.2 Å². The molecule has 3 atom stereocenters. The summed E-state index contributed by atoms with van der Waals surface area (Å²) >= 11 is 5.73. The lowest BCUT2D eigenvalue weighted by Gasteiger charge is -2.26. The minimum atomic E-state index is -1.16. The molecule has 1 aliphatic heterocycles. The number of aromatic nitrogens is 3. The zero-order valence-corrected chi connectivity index (χ0v) is 17.7.